The summed E-state index contributed by atoms with van der Waals surface area (Å²) in [7, 11) is 0. The predicted molar refractivity (Wildman–Crippen MR) is 131 cm³/mol. The molecule has 5 nitrogen and oxygen atoms in total. The molecule has 158 valence electrons. The van der Waals surface area contributed by atoms with Gasteiger partial charge in [-0.25, -0.2) is 4.98 Å². The van der Waals surface area contributed by atoms with Crippen molar-refractivity contribution in [3.05, 3.63) is 91.7 Å². The van der Waals surface area contributed by atoms with Crippen molar-refractivity contribution in [1.82, 2.24) is 14.2 Å². The van der Waals surface area contributed by atoms with Crippen molar-refractivity contribution < 1.29 is 0 Å². The Morgan fingerprint density at radius 2 is 2.03 bits per heavy atom. The zero-order valence-corrected chi connectivity index (χ0v) is 19.7. The number of halogens is 2. The first-order chi connectivity index (χ1) is 15.0. The molecule has 0 aliphatic carbocycles. The van der Waals surface area contributed by atoms with Crippen molar-refractivity contribution >= 4 is 44.6 Å². The maximum absolute atomic E-state index is 13.2. The van der Waals surface area contributed by atoms with E-state index in [2.05, 4.69) is 28.0 Å². The van der Waals surface area contributed by atoms with E-state index < -0.39 is 0 Å². The Balaban J connectivity index is 1.79. The molecule has 0 bridgehead atoms. The third-order valence-electron chi connectivity index (χ3n) is 5.13. The van der Waals surface area contributed by atoms with Gasteiger partial charge in [0.05, 0.1) is 22.8 Å². The molecule has 0 fully saturated rings. The molecule has 2 aromatic heterocycles. The summed E-state index contributed by atoms with van der Waals surface area (Å²) in [4.78, 5) is 18.0. The van der Waals surface area contributed by atoms with Gasteiger partial charge in [-0.15, -0.1) is 0 Å². The van der Waals surface area contributed by atoms with E-state index in [1.807, 2.05) is 60.2 Å². The van der Waals surface area contributed by atoms with Crippen LogP contribution in [0.25, 0.3) is 16.6 Å². The normalized spacial score (nSPS) is 11.6. The summed E-state index contributed by atoms with van der Waals surface area (Å²) in [5.41, 5.74) is 3.34. The van der Waals surface area contributed by atoms with Crippen LogP contribution in [0.2, 0.25) is 5.02 Å². The third kappa shape index (κ3) is 4.50. The Kier molecular flexibility index (Phi) is 6.39. The van der Waals surface area contributed by atoms with Gasteiger partial charge < -0.3 is 4.57 Å². The van der Waals surface area contributed by atoms with Crippen LogP contribution in [0.3, 0.4) is 0 Å². The van der Waals surface area contributed by atoms with Crippen LogP contribution in [0.4, 0.5) is 0 Å². The number of fused-ring (bicyclic) bond motifs is 1. The number of unbranched alkanes of at least 4 members (excludes halogenated alkanes) is 1. The molecule has 0 N–H and O–H groups in total. The van der Waals surface area contributed by atoms with Crippen molar-refractivity contribution in [1.29, 1.82) is 0 Å². The van der Waals surface area contributed by atoms with Gasteiger partial charge in [0.1, 0.15) is 5.82 Å². The fourth-order valence-corrected chi connectivity index (χ4v) is 3.92. The van der Waals surface area contributed by atoms with Gasteiger partial charge in [0, 0.05) is 27.8 Å². The molecule has 0 atom stereocenters. The molecule has 0 aliphatic heterocycles. The van der Waals surface area contributed by atoms with E-state index in [1.54, 1.807) is 12.3 Å². The van der Waals surface area contributed by atoms with Crippen LogP contribution < -0.4 is 5.56 Å². The Morgan fingerprint density at radius 3 is 2.81 bits per heavy atom. The number of rotatable bonds is 6. The molecular formula is C24H22BrClN4O. The van der Waals surface area contributed by atoms with E-state index in [0.29, 0.717) is 23.1 Å². The van der Waals surface area contributed by atoms with E-state index in [1.165, 1.54) is 4.68 Å². The fraction of sp³-hybridized carbons (Fsp3) is 0.208. The lowest BCUT2D eigenvalue weighted by atomic mass is 10.2. The number of hydrogen-bond donors (Lipinski definition) is 0. The monoisotopic (exact) mass is 496 g/mol. The first-order valence-electron chi connectivity index (χ1n) is 10.2. The summed E-state index contributed by atoms with van der Waals surface area (Å²) in [5, 5.41) is 5.83. The van der Waals surface area contributed by atoms with Gasteiger partial charge in [0.25, 0.3) is 5.56 Å². The minimum Gasteiger partial charge on any atom is -0.316 e. The average molecular weight is 498 g/mol. The molecule has 4 aromatic rings. The Morgan fingerprint density at radius 1 is 1.19 bits per heavy atom. The topological polar surface area (TPSA) is 52.2 Å². The van der Waals surface area contributed by atoms with Gasteiger partial charge in [-0.3, -0.25) is 4.79 Å². The van der Waals surface area contributed by atoms with Crippen LogP contribution in [0.15, 0.2) is 69.1 Å². The highest BCUT2D eigenvalue weighted by atomic mass is 79.9. The molecule has 0 amide bonds. The molecule has 0 saturated heterocycles. The van der Waals surface area contributed by atoms with Crippen LogP contribution in [-0.2, 0) is 6.42 Å². The van der Waals surface area contributed by atoms with E-state index in [9.17, 15) is 4.79 Å². The quantitative estimate of drug-likeness (QED) is 0.301. The standard InChI is InChI=1S/C24H22BrClN4O/c1-3-4-7-23-28-22-11-8-17(25)14-20(22)24(31)30(23)27-15-19-6-5-12-29(19)18-9-10-21(26)16(2)13-18/h5-6,8-15H,3-4,7H2,1-2H3. The third-order valence-corrected chi connectivity index (χ3v) is 6.05. The highest BCUT2D eigenvalue weighted by Crippen LogP contribution is 2.20. The van der Waals surface area contributed by atoms with Gasteiger partial charge >= 0.3 is 0 Å². The van der Waals surface area contributed by atoms with Crippen LogP contribution in [-0.4, -0.2) is 20.4 Å². The van der Waals surface area contributed by atoms with E-state index >= 15 is 0 Å². The summed E-state index contributed by atoms with van der Waals surface area (Å²) in [6.45, 7) is 4.09. The van der Waals surface area contributed by atoms with E-state index in [0.717, 1.165) is 39.3 Å². The second-order valence-corrected chi connectivity index (χ2v) is 8.71. The lowest BCUT2D eigenvalue weighted by Crippen LogP contribution is -2.22. The zero-order chi connectivity index (χ0) is 22.0. The molecular weight excluding hydrogens is 476 g/mol. The number of nitrogens with zero attached hydrogens (tertiary/aromatic N) is 4. The lowest BCUT2D eigenvalue weighted by Gasteiger charge is -2.10. The fourth-order valence-electron chi connectivity index (χ4n) is 3.44. The first kappa shape index (κ1) is 21.5. The van der Waals surface area contributed by atoms with Gasteiger partial charge in [0.15, 0.2) is 0 Å². The van der Waals surface area contributed by atoms with Crippen LogP contribution in [0.1, 0.15) is 36.8 Å². The molecule has 2 aromatic carbocycles. The van der Waals surface area contributed by atoms with Crippen LogP contribution in [0, 0.1) is 6.92 Å². The van der Waals surface area contributed by atoms with Gasteiger partial charge in [-0.05, 0) is 67.4 Å². The minimum absolute atomic E-state index is 0.172. The van der Waals surface area contributed by atoms with Crippen molar-refractivity contribution in [2.24, 2.45) is 5.10 Å². The van der Waals surface area contributed by atoms with Crippen LogP contribution in [0.5, 0.6) is 0 Å². The summed E-state index contributed by atoms with van der Waals surface area (Å²) < 4.78 is 4.27. The smallest absolute Gasteiger partial charge is 0.282 e. The second kappa shape index (κ2) is 9.20. The molecule has 7 heteroatoms. The highest BCUT2D eigenvalue weighted by molar-refractivity contribution is 9.10. The first-order valence-corrected chi connectivity index (χ1v) is 11.3. The van der Waals surface area contributed by atoms with Crippen molar-refractivity contribution in [2.45, 2.75) is 33.1 Å². The van der Waals surface area contributed by atoms with Gasteiger partial charge in [-0.2, -0.15) is 9.78 Å². The second-order valence-electron chi connectivity index (χ2n) is 7.39. The number of aryl methyl sites for hydroxylation is 2. The van der Waals surface area contributed by atoms with Gasteiger partial charge in [-0.1, -0.05) is 40.9 Å². The zero-order valence-electron chi connectivity index (χ0n) is 17.3. The molecule has 2 heterocycles. The SMILES string of the molecule is CCCCc1nc2ccc(Br)cc2c(=O)n1N=Cc1cccn1-c1ccc(Cl)c(C)c1. The summed E-state index contributed by atoms with van der Waals surface area (Å²) in [5.74, 6) is 0.665. The molecule has 0 spiro atoms. The number of hydrogen-bond acceptors (Lipinski definition) is 3. The van der Waals surface area contributed by atoms with Crippen molar-refractivity contribution in [3.63, 3.8) is 0 Å². The molecule has 0 unspecified atom stereocenters. The largest absolute Gasteiger partial charge is 0.316 e. The summed E-state index contributed by atoms with van der Waals surface area (Å²) in [6.07, 6.45) is 6.29. The van der Waals surface area contributed by atoms with Crippen LogP contribution >= 0.6 is 27.5 Å². The molecule has 0 saturated carbocycles. The molecule has 31 heavy (non-hydrogen) atoms. The van der Waals surface area contributed by atoms with E-state index in [4.69, 9.17) is 16.6 Å². The minimum atomic E-state index is -0.172. The number of aromatic nitrogens is 3. The highest BCUT2D eigenvalue weighted by Gasteiger charge is 2.11. The molecule has 0 radical (unpaired) electrons. The predicted octanol–water partition coefficient (Wildman–Crippen LogP) is 6.14. The maximum atomic E-state index is 13.2. The lowest BCUT2D eigenvalue weighted by molar-refractivity contribution is 0.674. The van der Waals surface area contributed by atoms with Crippen molar-refractivity contribution in [3.8, 4) is 5.69 Å². The van der Waals surface area contributed by atoms with Crippen molar-refractivity contribution in [2.75, 3.05) is 0 Å². The molecule has 4 rings (SSSR count). The Labute approximate surface area is 194 Å². The summed E-state index contributed by atoms with van der Waals surface area (Å²) in [6, 6.07) is 15.3. The summed E-state index contributed by atoms with van der Waals surface area (Å²) >= 11 is 9.62. The Hall–Kier alpha value is -2.70. The van der Waals surface area contributed by atoms with E-state index in [-0.39, 0.29) is 5.56 Å². The van der Waals surface area contributed by atoms with Gasteiger partial charge in [0.2, 0.25) is 0 Å². The maximum Gasteiger partial charge on any atom is 0.282 e. The molecule has 0 aliphatic rings. The Bertz CT molecular complexity index is 1340. The number of benzene rings is 2. The average Bonchev–Trinajstić information content (AvgIpc) is 3.23.